The van der Waals surface area contributed by atoms with Crippen molar-refractivity contribution in [3.63, 3.8) is 0 Å². The number of nitrogens with zero attached hydrogens (tertiary/aromatic N) is 2. The second-order valence-corrected chi connectivity index (χ2v) is 15.5. The minimum Gasteiger partial charge on any atom is -0.464 e. The summed E-state index contributed by atoms with van der Waals surface area (Å²) in [5.74, 6) is -0.274. The summed E-state index contributed by atoms with van der Waals surface area (Å²) in [4.78, 5) is 40.9. The Morgan fingerprint density at radius 3 is 1.53 bits per heavy atom. The van der Waals surface area contributed by atoms with Gasteiger partial charge in [0.25, 0.3) is 0 Å². The van der Waals surface area contributed by atoms with Gasteiger partial charge in [0, 0.05) is 38.3 Å². The van der Waals surface area contributed by atoms with Crippen molar-refractivity contribution in [1.82, 2.24) is 10.2 Å². The van der Waals surface area contributed by atoms with E-state index in [9.17, 15) is 14.4 Å². The number of hydrogen-bond donors (Lipinski definition) is 1. The van der Waals surface area contributed by atoms with Crippen LogP contribution in [0.25, 0.3) is 0 Å². The lowest BCUT2D eigenvalue weighted by atomic mass is 10.0. The molecule has 0 aromatic carbocycles. The average Bonchev–Trinajstić information content (AvgIpc) is 3.45. The van der Waals surface area contributed by atoms with Gasteiger partial charge in [-0.1, -0.05) is 149 Å². The molecule has 2 atom stereocenters. The first-order valence-electron chi connectivity index (χ1n) is 20.2. The molecule has 0 spiro atoms. The summed E-state index contributed by atoms with van der Waals surface area (Å²) in [7, 11) is 6.38. The van der Waals surface area contributed by atoms with Crippen LogP contribution in [0.15, 0.2) is 0 Å². The summed E-state index contributed by atoms with van der Waals surface area (Å²) >= 11 is 0. The van der Waals surface area contributed by atoms with Crippen LogP contribution in [0.2, 0.25) is 0 Å². The number of amides is 2. The normalized spacial score (nSPS) is 16.5. The lowest BCUT2D eigenvalue weighted by Crippen LogP contribution is -2.42. The molecule has 2 amide bonds. The fourth-order valence-corrected chi connectivity index (χ4v) is 6.75. The van der Waals surface area contributed by atoms with Crippen molar-refractivity contribution < 1.29 is 23.6 Å². The molecule has 0 radical (unpaired) electrons. The Morgan fingerprint density at radius 1 is 0.617 bits per heavy atom. The molecule has 0 aromatic heterocycles. The predicted octanol–water partition coefficient (Wildman–Crippen LogP) is 9.50. The third-order valence-electron chi connectivity index (χ3n) is 9.73. The molecule has 0 unspecified atom stereocenters. The largest absolute Gasteiger partial charge is 0.464 e. The molecule has 0 aromatic rings. The highest BCUT2D eigenvalue weighted by Gasteiger charge is 2.40. The first kappa shape index (κ1) is 43.4. The van der Waals surface area contributed by atoms with Gasteiger partial charge >= 0.3 is 5.97 Å². The van der Waals surface area contributed by atoms with Crippen molar-refractivity contribution in [3.8, 4) is 0 Å². The van der Waals surface area contributed by atoms with Crippen molar-refractivity contribution in [1.29, 1.82) is 0 Å². The lowest BCUT2D eigenvalue weighted by molar-refractivity contribution is -0.870. The quantitative estimate of drug-likeness (QED) is 0.0455. The molecule has 276 valence electrons. The summed E-state index contributed by atoms with van der Waals surface area (Å²) in [6.07, 6.45) is 31.0. The van der Waals surface area contributed by atoms with E-state index < -0.39 is 6.04 Å². The molecule has 1 rings (SSSR count). The number of unbranched alkanes of at least 4 members (excludes halogenated alkanes) is 21. The number of carbonyl (C=O) groups is 3. The summed E-state index contributed by atoms with van der Waals surface area (Å²) < 4.78 is 6.54. The molecular weight excluding hydrogens is 586 g/mol. The van der Waals surface area contributed by atoms with Gasteiger partial charge in [-0.05, 0) is 12.8 Å². The fourth-order valence-electron chi connectivity index (χ4n) is 6.75. The minimum absolute atomic E-state index is 0.00622. The Kier molecular flexibility index (Phi) is 26.1. The molecule has 0 saturated carbocycles. The van der Waals surface area contributed by atoms with Gasteiger partial charge in [-0.3, -0.25) is 9.59 Å². The van der Waals surface area contributed by atoms with Crippen molar-refractivity contribution in [2.24, 2.45) is 0 Å². The maximum Gasteiger partial charge on any atom is 0.328 e. The van der Waals surface area contributed by atoms with Crippen LogP contribution in [-0.4, -0.2) is 80.1 Å². The highest BCUT2D eigenvalue weighted by Crippen LogP contribution is 2.22. The molecule has 7 nitrogen and oxygen atoms in total. The van der Waals surface area contributed by atoms with E-state index in [2.05, 4.69) is 40.3 Å². The van der Waals surface area contributed by atoms with Crippen LogP contribution < -0.4 is 5.32 Å². The number of quaternary nitrogens is 1. The van der Waals surface area contributed by atoms with E-state index >= 15 is 0 Å². The zero-order valence-corrected chi connectivity index (χ0v) is 31.9. The van der Waals surface area contributed by atoms with Crippen LogP contribution in [0, 0.1) is 0 Å². The third kappa shape index (κ3) is 24.2. The molecule has 0 aliphatic carbocycles. The Bertz CT molecular complexity index is 797. The molecule has 0 bridgehead atoms. The number of rotatable bonds is 31. The number of carbonyl (C=O) groups excluding carboxylic acids is 3. The summed E-state index contributed by atoms with van der Waals surface area (Å²) in [6, 6.07) is -0.791. The standard InChI is InChI=1S/C40H77N3O4/c1-6-8-10-12-14-16-18-20-22-24-26-28-33-47-40(46)37-34-36(41-38(44)30-29-32-43(3,4)5)35-42(37)39(45)31-27-25-23-21-19-17-15-13-11-9-7-2/h36-37H,6-35H2,1-5H3/p+1/t36-,37+/m1/s1. The minimum atomic E-state index is -0.593. The Hall–Kier alpha value is -1.63. The first-order chi connectivity index (χ1) is 22.7. The highest BCUT2D eigenvalue weighted by atomic mass is 16.5. The van der Waals surface area contributed by atoms with Crippen LogP contribution in [0.5, 0.6) is 0 Å². The van der Waals surface area contributed by atoms with Crippen molar-refractivity contribution in [3.05, 3.63) is 0 Å². The Labute approximate surface area is 291 Å². The third-order valence-corrected chi connectivity index (χ3v) is 9.73. The molecule has 1 saturated heterocycles. The van der Waals surface area contributed by atoms with Gasteiger partial charge in [0.05, 0.1) is 34.3 Å². The van der Waals surface area contributed by atoms with Crippen molar-refractivity contribution in [2.45, 2.75) is 199 Å². The second-order valence-electron chi connectivity index (χ2n) is 15.5. The number of likely N-dealkylation sites (tertiary alicyclic amines) is 1. The number of esters is 1. The van der Waals surface area contributed by atoms with Gasteiger partial charge in [0.15, 0.2) is 0 Å². The molecule has 1 fully saturated rings. The monoisotopic (exact) mass is 665 g/mol. The van der Waals surface area contributed by atoms with E-state index in [1.54, 1.807) is 4.90 Å². The topological polar surface area (TPSA) is 75.7 Å². The summed E-state index contributed by atoms with van der Waals surface area (Å²) in [5.41, 5.74) is 0. The van der Waals surface area contributed by atoms with Gasteiger partial charge < -0.3 is 19.4 Å². The SMILES string of the molecule is CCCCCCCCCCCCCCOC(=O)[C@@H]1C[C@@H](NC(=O)CCC[N+](C)(C)C)CN1C(=O)CCCCCCCCCCCCC. The molecule has 1 N–H and O–H groups in total. The number of nitrogens with one attached hydrogen (secondary N) is 1. The summed E-state index contributed by atoms with van der Waals surface area (Å²) in [6.45, 7) is 6.26. The van der Waals surface area contributed by atoms with Crippen LogP contribution in [-0.2, 0) is 19.1 Å². The van der Waals surface area contributed by atoms with Gasteiger partial charge in [-0.15, -0.1) is 0 Å². The van der Waals surface area contributed by atoms with E-state index in [1.807, 2.05) is 0 Å². The molecule has 1 aliphatic rings. The van der Waals surface area contributed by atoms with Gasteiger partial charge in [0.1, 0.15) is 6.04 Å². The first-order valence-corrected chi connectivity index (χ1v) is 20.2. The van der Waals surface area contributed by atoms with E-state index in [4.69, 9.17) is 4.74 Å². The van der Waals surface area contributed by atoms with Gasteiger partial charge in [0.2, 0.25) is 11.8 Å². The predicted molar refractivity (Wildman–Crippen MR) is 197 cm³/mol. The Morgan fingerprint density at radius 2 is 1.06 bits per heavy atom. The Balaban J connectivity index is 2.41. The molecule has 47 heavy (non-hydrogen) atoms. The van der Waals surface area contributed by atoms with Gasteiger partial charge in [-0.2, -0.15) is 0 Å². The lowest BCUT2D eigenvalue weighted by Gasteiger charge is -2.24. The average molecular weight is 665 g/mol. The van der Waals surface area contributed by atoms with Crippen LogP contribution in [0.3, 0.4) is 0 Å². The van der Waals surface area contributed by atoms with Crippen LogP contribution in [0.4, 0.5) is 0 Å². The molecule has 1 aliphatic heterocycles. The van der Waals surface area contributed by atoms with Crippen LogP contribution in [0.1, 0.15) is 187 Å². The van der Waals surface area contributed by atoms with Crippen molar-refractivity contribution >= 4 is 17.8 Å². The number of ether oxygens (including phenoxy) is 1. The second kappa shape index (κ2) is 28.2. The maximum atomic E-state index is 13.3. The summed E-state index contributed by atoms with van der Waals surface area (Å²) in [5, 5.41) is 3.12. The van der Waals surface area contributed by atoms with E-state index in [0.29, 0.717) is 32.4 Å². The highest BCUT2D eigenvalue weighted by molar-refractivity contribution is 5.86. The number of hydrogen-bond acceptors (Lipinski definition) is 4. The van der Waals surface area contributed by atoms with E-state index in [0.717, 1.165) is 43.1 Å². The fraction of sp³-hybridized carbons (Fsp3) is 0.925. The molecule has 7 heteroatoms. The van der Waals surface area contributed by atoms with Crippen LogP contribution >= 0.6 is 0 Å². The van der Waals surface area contributed by atoms with Crippen molar-refractivity contribution in [2.75, 3.05) is 40.8 Å². The molecule has 1 heterocycles. The van der Waals surface area contributed by atoms with Gasteiger partial charge in [-0.25, -0.2) is 4.79 Å². The smallest absolute Gasteiger partial charge is 0.328 e. The molecular formula is C40H78N3O4+. The van der Waals surface area contributed by atoms with E-state index in [1.165, 1.54) is 122 Å². The zero-order valence-electron chi connectivity index (χ0n) is 31.9. The maximum absolute atomic E-state index is 13.3. The van der Waals surface area contributed by atoms with E-state index in [-0.39, 0.29) is 23.8 Å². The zero-order chi connectivity index (χ0) is 34.6.